The highest BCUT2D eigenvalue weighted by Gasteiger charge is 2.21. The van der Waals surface area contributed by atoms with E-state index < -0.39 is 6.61 Å². The van der Waals surface area contributed by atoms with E-state index in [-0.39, 0.29) is 18.6 Å². The van der Waals surface area contributed by atoms with E-state index >= 15 is 0 Å². The lowest BCUT2D eigenvalue weighted by molar-refractivity contribution is -0.123. The number of benzene rings is 1. The molecule has 1 aromatic carbocycles. The minimum atomic E-state index is -0.478. The molecule has 2 rings (SSSR count). The first kappa shape index (κ1) is 18.7. The topological polar surface area (TPSA) is 82.0 Å². The Morgan fingerprint density at radius 1 is 1.33 bits per heavy atom. The summed E-state index contributed by atoms with van der Waals surface area (Å²) < 4.78 is 5.72. The Balaban J connectivity index is 1.77. The highest BCUT2D eigenvalue weighted by atomic mass is 16.5. The van der Waals surface area contributed by atoms with Gasteiger partial charge in [-0.05, 0) is 43.5 Å². The van der Waals surface area contributed by atoms with Crippen LogP contribution in [0.2, 0.25) is 0 Å². The maximum atomic E-state index is 10.9. The second-order valence-electron chi connectivity index (χ2n) is 6.16. The summed E-state index contributed by atoms with van der Waals surface area (Å²) in [5.74, 6) is 0.454. The van der Waals surface area contributed by atoms with E-state index in [1.165, 1.54) is 18.4 Å². The van der Waals surface area contributed by atoms with Crippen molar-refractivity contribution in [3.8, 4) is 5.75 Å². The highest BCUT2D eigenvalue weighted by molar-refractivity contribution is 5.76. The fraction of sp³-hybridized carbons (Fsp3) is 0.611. The molecule has 0 aromatic heterocycles. The molecule has 1 amide bonds. The zero-order valence-electron chi connectivity index (χ0n) is 14.1. The summed E-state index contributed by atoms with van der Waals surface area (Å²) in [5.41, 5.74) is 1.18. The SMILES string of the molecule is O=C(CO)NCCCOc1cccc(CN2CCCCC2CO)c1. The van der Waals surface area contributed by atoms with Crippen LogP contribution >= 0.6 is 0 Å². The van der Waals surface area contributed by atoms with Crippen LogP contribution in [0.5, 0.6) is 5.75 Å². The van der Waals surface area contributed by atoms with Crippen LogP contribution in [0.25, 0.3) is 0 Å². The maximum absolute atomic E-state index is 10.9. The fourth-order valence-electron chi connectivity index (χ4n) is 2.99. The molecule has 1 unspecified atom stereocenters. The zero-order valence-corrected chi connectivity index (χ0v) is 14.1. The van der Waals surface area contributed by atoms with Gasteiger partial charge in [0.25, 0.3) is 0 Å². The lowest BCUT2D eigenvalue weighted by Crippen LogP contribution is -2.41. The minimum absolute atomic E-state index is 0.218. The molecule has 24 heavy (non-hydrogen) atoms. The average molecular weight is 336 g/mol. The molecular weight excluding hydrogens is 308 g/mol. The van der Waals surface area contributed by atoms with Gasteiger partial charge in [-0.2, -0.15) is 0 Å². The van der Waals surface area contributed by atoms with E-state index in [1.54, 1.807) is 0 Å². The maximum Gasteiger partial charge on any atom is 0.245 e. The van der Waals surface area contributed by atoms with Gasteiger partial charge in [-0.15, -0.1) is 0 Å². The molecule has 1 heterocycles. The Kier molecular flexibility index (Phi) is 8.01. The predicted molar refractivity (Wildman–Crippen MR) is 91.8 cm³/mol. The molecule has 0 spiro atoms. The molecule has 1 aliphatic rings. The fourth-order valence-corrected chi connectivity index (χ4v) is 2.99. The average Bonchev–Trinajstić information content (AvgIpc) is 2.62. The third-order valence-corrected chi connectivity index (χ3v) is 4.30. The van der Waals surface area contributed by atoms with E-state index in [9.17, 15) is 9.90 Å². The van der Waals surface area contributed by atoms with Crippen molar-refractivity contribution in [3.63, 3.8) is 0 Å². The Bertz CT molecular complexity index is 510. The van der Waals surface area contributed by atoms with Crippen molar-refractivity contribution < 1.29 is 19.7 Å². The molecular formula is C18H28N2O4. The van der Waals surface area contributed by atoms with Crippen LogP contribution in [0.4, 0.5) is 0 Å². The number of carbonyl (C=O) groups excluding carboxylic acids is 1. The Hall–Kier alpha value is -1.63. The van der Waals surface area contributed by atoms with Gasteiger partial charge in [0, 0.05) is 19.1 Å². The number of nitrogens with one attached hydrogen (secondary N) is 1. The van der Waals surface area contributed by atoms with Crippen LogP contribution in [0, 0.1) is 0 Å². The van der Waals surface area contributed by atoms with Gasteiger partial charge in [0.2, 0.25) is 5.91 Å². The number of likely N-dealkylation sites (tertiary alicyclic amines) is 1. The molecule has 0 saturated carbocycles. The highest BCUT2D eigenvalue weighted by Crippen LogP contribution is 2.21. The van der Waals surface area contributed by atoms with Crippen molar-refractivity contribution >= 4 is 5.91 Å². The van der Waals surface area contributed by atoms with Gasteiger partial charge < -0.3 is 20.3 Å². The third-order valence-electron chi connectivity index (χ3n) is 4.30. The van der Waals surface area contributed by atoms with Crippen molar-refractivity contribution in [1.82, 2.24) is 10.2 Å². The van der Waals surface area contributed by atoms with Gasteiger partial charge in [-0.1, -0.05) is 18.6 Å². The van der Waals surface area contributed by atoms with E-state index in [1.807, 2.05) is 18.2 Å². The van der Waals surface area contributed by atoms with Crippen LogP contribution in [-0.2, 0) is 11.3 Å². The van der Waals surface area contributed by atoms with Crippen LogP contribution in [0.3, 0.4) is 0 Å². The largest absolute Gasteiger partial charge is 0.494 e. The molecule has 3 N–H and O–H groups in total. The number of aliphatic hydroxyl groups excluding tert-OH is 2. The van der Waals surface area contributed by atoms with E-state index in [4.69, 9.17) is 9.84 Å². The second-order valence-corrected chi connectivity index (χ2v) is 6.16. The van der Waals surface area contributed by atoms with Crippen molar-refractivity contribution in [2.24, 2.45) is 0 Å². The molecule has 0 radical (unpaired) electrons. The summed E-state index contributed by atoms with van der Waals surface area (Å²) in [6, 6.07) is 8.29. The Morgan fingerprint density at radius 3 is 3.00 bits per heavy atom. The summed E-state index contributed by atoms with van der Waals surface area (Å²) in [6.07, 6.45) is 4.13. The van der Waals surface area contributed by atoms with Gasteiger partial charge in [-0.3, -0.25) is 9.69 Å². The quantitative estimate of drug-likeness (QED) is 0.584. The first-order chi connectivity index (χ1) is 11.7. The van der Waals surface area contributed by atoms with E-state index in [2.05, 4.69) is 16.3 Å². The van der Waals surface area contributed by atoms with E-state index in [0.29, 0.717) is 19.6 Å². The number of amides is 1. The van der Waals surface area contributed by atoms with Crippen LogP contribution in [0.15, 0.2) is 24.3 Å². The number of hydrogen-bond donors (Lipinski definition) is 3. The molecule has 6 heteroatoms. The third kappa shape index (κ3) is 6.11. The zero-order chi connectivity index (χ0) is 17.2. The van der Waals surface area contributed by atoms with Crippen LogP contribution in [-0.4, -0.2) is 60.0 Å². The van der Waals surface area contributed by atoms with Gasteiger partial charge in [0.1, 0.15) is 12.4 Å². The van der Waals surface area contributed by atoms with Gasteiger partial charge >= 0.3 is 0 Å². The standard InChI is InChI=1S/C18H28N2O4/c21-13-16-6-1-2-9-20(16)12-15-5-3-7-17(11-15)24-10-4-8-19-18(23)14-22/h3,5,7,11,16,21-22H,1-2,4,6,8-10,12-14H2,(H,19,23). The molecule has 1 saturated heterocycles. The molecule has 1 aromatic rings. The summed E-state index contributed by atoms with van der Waals surface area (Å²) >= 11 is 0. The summed E-state index contributed by atoms with van der Waals surface area (Å²) in [7, 11) is 0. The predicted octanol–water partition coefficient (Wildman–Crippen LogP) is 0.911. The van der Waals surface area contributed by atoms with Crippen molar-refractivity contribution in [3.05, 3.63) is 29.8 Å². The number of ether oxygens (including phenoxy) is 1. The summed E-state index contributed by atoms with van der Waals surface area (Å²) in [6.45, 7) is 2.60. The van der Waals surface area contributed by atoms with Crippen molar-refractivity contribution in [2.75, 3.05) is 32.9 Å². The number of aliphatic hydroxyl groups is 2. The lowest BCUT2D eigenvalue weighted by Gasteiger charge is -2.34. The molecule has 134 valence electrons. The molecule has 1 aliphatic heterocycles. The smallest absolute Gasteiger partial charge is 0.245 e. The summed E-state index contributed by atoms with van der Waals surface area (Å²) in [4.78, 5) is 13.2. The monoisotopic (exact) mass is 336 g/mol. The lowest BCUT2D eigenvalue weighted by atomic mass is 10.0. The molecule has 1 atom stereocenters. The van der Waals surface area contributed by atoms with Gasteiger partial charge in [0.05, 0.1) is 13.2 Å². The molecule has 0 bridgehead atoms. The van der Waals surface area contributed by atoms with Crippen molar-refractivity contribution in [1.29, 1.82) is 0 Å². The summed E-state index contributed by atoms with van der Waals surface area (Å²) in [5, 5.41) is 20.7. The number of carbonyl (C=O) groups is 1. The number of nitrogens with zero attached hydrogens (tertiary/aromatic N) is 1. The normalized spacial score (nSPS) is 18.3. The Morgan fingerprint density at radius 2 is 2.21 bits per heavy atom. The van der Waals surface area contributed by atoms with Crippen LogP contribution in [0.1, 0.15) is 31.2 Å². The molecule has 6 nitrogen and oxygen atoms in total. The molecule has 0 aliphatic carbocycles. The Labute approximate surface area is 143 Å². The molecule has 1 fully saturated rings. The van der Waals surface area contributed by atoms with Crippen LogP contribution < -0.4 is 10.1 Å². The second kappa shape index (κ2) is 10.3. The minimum Gasteiger partial charge on any atom is -0.494 e. The first-order valence-electron chi connectivity index (χ1n) is 8.67. The number of hydrogen-bond acceptors (Lipinski definition) is 5. The first-order valence-corrected chi connectivity index (χ1v) is 8.67. The number of rotatable bonds is 9. The van der Waals surface area contributed by atoms with Gasteiger partial charge in [-0.25, -0.2) is 0 Å². The number of piperidine rings is 1. The van der Waals surface area contributed by atoms with Gasteiger partial charge in [0.15, 0.2) is 0 Å². The van der Waals surface area contributed by atoms with E-state index in [0.717, 1.165) is 25.3 Å². The van der Waals surface area contributed by atoms with Crippen molar-refractivity contribution in [2.45, 2.75) is 38.3 Å².